The lowest BCUT2D eigenvalue weighted by molar-refractivity contribution is -0.384. The third-order valence-electron chi connectivity index (χ3n) is 3.87. The minimum absolute atomic E-state index is 0.124. The molecule has 1 saturated heterocycles. The summed E-state index contributed by atoms with van der Waals surface area (Å²) in [5.74, 6) is 0. The van der Waals surface area contributed by atoms with Crippen molar-refractivity contribution < 1.29 is 26.5 Å². The average molecular weight is 402 g/mol. The van der Waals surface area contributed by atoms with Crippen molar-refractivity contribution in [2.45, 2.75) is 25.1 Å². The van der Waals surface area contributed by atoms with E-state index < -0.39 is 37.4 Å². The van der Waals surface area contributed by atoms with Crippen molar-refractivity contribution in [2.75, 3.05) is 24.7 Å². The number of hydrogen-bond acceptors (Lipinski definition) is 5. The average Bonchev–Trinajstić information content (AvgIpc) is 2.45. The van der Waals surface area contributed by atoms with Gasteiger partial charge in [0.2, 0.25) is 10.0 Å². The van der Waals surface area contributed by atoms with E-state index in [1.54, 1.807) is 0 Å². The molecule has 1 aromatic carbocycles. The van der Waals surface area contributed by atoms with Gasteiger partial charge in [-0.1, -0.05) is 11.6 Å². The molecule has 1 aliphatic heterocycles. The van der Waals surface area contributed by atoms with Gasteiger partial charge in [-0.3, -0.25) is 10.1 Å². The summed E-state index contributed by atoms with van der Waals surface area (Å²) in [6, 6.07) is 0.964. The van der Waals surface area contributed by atoms with E-state index in [0.717, 1.165) is 12.3 Å². The maximum absolute atomic E-state index is 12.8. The summed E-state index contributed by atoms with van der Waals surface area (Å²) in [7, 11) is -3.32. The fraction of sp³-hybridized carbons (Fsp3) is 0.538. The lowest BCUT2D eigenvalue weighted by atomic mass is 10.1. The predicted molar refractivity (Wildman–Crippen MR) is 86.2 cm³/mol. The van der Waals surface area contributed by atoms with E-state index in [-0.39, 0.29) is 24.8 Å². The summed E-state index contributed by atoms with van der Waals surface area (Å²) in [6.07, 6.45) is -2.99. The molecule has 140 valence electrons. The third kappa shape index (κ3) is 4.73. The van der Waals surface area contributed by atoms with Gasteiger partial charge in [-0.05, 0) is 18.9 Å². The van der Waals surface area contributed by atoms with Crippen molar-refractivity contribution in [3.8, 4) is 0 Å². The second-order valence-corrected chi connectivity index (χ2v) is 8.07. The van der Waals surface area contributed by atoms with Gasteiger partial charge in [0, 0.05) is 25.2 Å². The Bertz CT molecular complexity index is 777. The molecule has 1 N–H and O–H groups in total. The standard InChI is InChI=1S/C13H15ClF3N3O4S/c1-25(23,24)19-4-2-8(3-5-19)18-11-7-10(14)9(13(15,16)17)6-12(11)20(21)22/h6-8,18H,2-5H2,1H3. The maximum atomic E-state index is 12.8. The van der Waals surface area contributed by atoms with Gasteiger partial charge in [0.05, 0.1) is 21.8 Å². The lowest BCUT2D eigenvalue weighted by Gasteiger charge is -2.31. The van der Waals surface area contributed by atoms with Crippen molar-refractivity contribution in [3.63, 3.8) is 0 Å². The van der Waals surface area contributed by atoms with E-state index in [1.807, 2.05) is 0 Å². The van der Waals surface area contributed by atoms with Crippen LogP contribution in [0.3, 0.4) is 0 Å². The zero-order chi connectivity index (χ0) is 19.0. The first kappa shape index (κ1) is 19.7. The van der Waals surface area contributed by atoms with Crippen molar-refractivity contribution in [1.82, 2.24) is 4.31 Å². The molecule has 0 aromatic heterocycles. The first-order chi connectivity index (χ1) is 11.4. The van der Waals surface area contributed by atoms with Crippen LogP contribution in [0.1, 0.15) is 18.4 Å². The Kier molecular flexibility index (Phi) is 5.50. The van der Waals surface area contributed by atoms with Gasteiger partial charge in [0.15, 0.2) is 0 Å². The number of nitro benzene ring substituents is 1. The molecule has 0 unspecified atom stereocenters. The van der Waals surface area contributed by atoms with Gasteiger partial charge < -0.3 is 5.32 Å². The van der Waals surface area contributed by atoms with Crippen LogP contribution in [0.15, 0.2) is 12.1 Å². The van der Waals surface area contributed by atoms with Crippen LogP contribution >= 0.6 is 11.6 Å². The molecule has 2 rings (SSSR count). The summed E-state index contributed by atoms with van der Waals surface area (Å²) in [5, 5.41) is 13.3. The molecule has 0 radical (unpaired) electrons. The molecular weight excluding hydrogens is 387 g/mol. The summed E-state index contributed by atoms with van der Waals surface area (Å²) in [5.41, 5.74) is -2.14. The molecule has 1 aliphatic rings. The van der Waals surface area contributed by atoms with E-state index >= 15 is 0 Å². The molecular formula is C13H15ClF3N3O4S. The minimum Gasteiger partial charge on any atom is -0.377 e. The van der Waals surface area contributed by atoms with Crippen LogP contribution in [-0.2, 0) is 16.2 Å². The topological polar surface area (TPSA) is 92.6 Å². The number of benzene rings is 1. The Hall–Kier alpha value is -1.59. The number of nitrogens with zero attached hydrogens (tertiary/aromatic N) is 2. The van der Waals surface area contributed by atoms with Crippen LogP contribution in [0.5, 0.6) is 0 Å². The molecule has 12 heteroatoms. The maximum Gasteiger partial charge on any atom is 0.418 e. The molecule has 1 heterocycles. The highest BCUT2D eigenvalue weighted by Gasteiger charge is 2.36. The Labute approximate surface area is 147 Å². The van der Waals surface area contributed by atoms with Crippen molar-refractivity contribution in [2.24, 2.45) is 0 Å². The third-order valence-corrected chi connectivity index (χ3v) is 5.49. The van der Waals surface area contributed by atoms with Gasteiger partial charge in [-0.15, -0.1) is 0 Å². The molecule has 1 aromatic rings. The predicted octanol–water partition coefficient (Wildman–Crippen LogP) is 3.10. The second kappa shape index (κ2) is 6.96. The van der Waals surface area contributed by atoms with E-state index in [4.69, 9.17) is 11.6 Å². The summed E-state index contributed by atoms with van der Waals surface area (Å²) >= 11 is 5.62. The zero-order valence-electron chi connectivity index (χ0n) is 13.0. The lowest BCUT2D eigenvalue weighted by Crippen LogP contribution is -2.41. The first-order valence-corrected chi connectivity index (χ1v) is 9.39. The zero-order valence-corrected chi connectivity index (χ0v) is 14.6. The number of sulfonamides is 1. The van der Waals surface area contributed by atoms with Crippen molar-refractivity contribution in [1.29, 1.82) is 0 Å². The molecule has 0 aliphatic carbocycles. The fourth-order valence-electron chi connectivity index (χ4n) is 2.60. The van der Waals surface area contributed by atoms with Gasteiger partial charge >= 0.3 is 6.18 Å². The minimum atomic E-state index is -4.80. The number of nitrogens with one attached hydrogen (secondary N) is 1. The van der Waals surface area contributed by atoms with Crippen LogP contribution in [0.4, 0.5) is 24.5 Å². The monoisotopic (exact) mass is 401 g/mol. The molecule has 25 heavy (non-hydrogen) atoms. The molecule has 1 fully saturated rings. The van der Waals surface area contributed by atoms with E-state index in [0.29, 0.717) is 18.9 Å². The number of anilines is 1. The van der Waals surface area contributed by atoms with Crippen molar-refractivity contribution in [3.05, 3.63) is 32.8 Å². The quantitative estimate of drug-likeness (QED) is 0.618. The van der Waals surface area contributed by atoms with Crippen molar-refractivity contribution >= 4 is 33.0 Å². The molecule has 0 atom stereocenters. The summed E-state index contributed by atoms with van der Waals surface area (Å²) in [4.78, 5) is 10.2. The Morgan fingerprint density at radius 2 is 1.88 bits per heavy atom. The first-order valence-electron chi connectivity index (χ1n) is 7.16. The Balaban J connectivity index is 2.23. The second-order valence-electron chi connectivity index (χ2n) is 5.68. The molecule has 7 nitrogen and oxygen atoms in total. The Morgan fingerprint density at radius 3 is 2.32 bits per heavy atom. The van der Waals surface area contributed by atoms with Crippen LogP contribution in [0.25, 0.3) is 0 Å². The highest BCUT2D eigenvalue weighted by atomic mass is 35.5. The number of piperidine rings is 1. The van der Waals surface area contributed by atoms with E-state index in [9.17, 15) is 31.7 Å². The number of halogens is 4. The van der Waals surface area contributed by atoms with Gasteiger partial charge in [0.25, 0.3) is 5.69 Å². The van der Waals surface area contributed by atoms with Gasteiger partial charge in [-0.2, -0.15) is 13.2 Å². The van der Waals surface area contributed by atoms with Crippen LogP contribution in [-0.4, -0.2) is 43.0 Å². The van der Waals surface area contributed by atoms with Gasteiger partial charge in [0.1, 0.15) is 5.69 Å². The highest BCUT2D eigenvalue weighted by molar-refractivity contribution is 7.88. The fourth-order valence-corrected chi connectivity index (χ4v) is 3.74. The summed E-state index contributed by atoms with van der Waals surface area (Å²) < 4.78 is 62.7. The number of hydrogen-bond donors (Lipinski definition) is 1. The molecule has 0 saturated carbocycles. The SMILES string of the molecule is CS(=O)(=O)N1CCC(Nc2cc(Cl)c(C(F)(F)F)cc2[N+](=O)[O-])CC1. The Morgan fingerprint density at radius 1 is 1.32 bits per heavy atom. The summed E-state index contributed by atoms with van der Waals surface area (Å²) in [6.45, 7) is 0.442. The number of rotatable bonds is 4. The molecule has 0 bridgehead atoms. The normalized spacial score (nSPS) is 17.5. The number of nitro groups is 1. The van der Waals surface area contributed by atoms with E-state index in [2.05, 4.69) is 5.32 Å². The van der Waals surface area contributed by atoms with Gasteiger partial charge in [-0.25, -0.2) is 12.7 Å². The molecule has 0 spiro atoms. The number of alkyl halides is 3. The van der Waals surface area contributed by atoms with Crippen LogP contribution < -0.4 is 5.32 Å². The van der Waals surface area contributed by atoms with Crippen LogP contribution in [0, 0.1) is 10.1 Å². The van der Waals surface area contributed by atoms with E-state index in [1.165, 1.54) is 4.31 Å². The molecule has 0 amide bonds. The highest BCUT2D eigenvalue weighted by Crippen LogP contribution is 2.40. The van der Waals surface area contributed by atoms with Crippen LogP contribution in [0.2, 0.25) is 5.02 Å². The smallest absolute Gasteiger partial charge is 0.377 e. The largest absolute Gasteiger partial charge is 0.418 e.